The van der Waals surface area contributed by atoms with Crippen LogP contribution in [0.3, 0.4) is 0 Å². The molecule has 0 aliphatic rings. The van der Waals surface area contributed by atoms with Gasteiger partial charge in [0.15, 0.2) is 5.76 Å². The van der Waals surface area contributed by atoms with Crippen molar-refractivity contribution in [1.29, 1.82) is 0 Å². The quantitative estimate of drug-likeness (QED) is 0.739. The predicted molar refractivity (Wildman–Crippen MR) is 93.0 cm³/mol. The Labute approximate surface area is 145 Å². The number of ether oxygens (including phenoxy) is 3. The van der Waals surface area contributed by atoms with E-state index in [9.17, 15) is 5.11 Å². The lowest BCUT2D eigenvalue weighted by atomic mass is 10.0. The maximum Gasteiger partial charge on any atom is 0.180 e. The number of hydrogen-bond acceptors (Lipinski definition) is 6. The number of para-hydroxylation sites is 1. The van der Waals surface area contributed by atoms with Gasteiger partial charge in [0.25, 0.3) is 0 Å². The Balaban J connectivity index is 2.23. The van der Waals surface area contributed by atoms with Gasteiger partial charge < -0.3 is 23.8 Å². The molecule has 1 N–H and O–H groups in total. The number of aliphatic hydroxyl groups is 1. The molecule has 0 aliphatic heterocycles. The summed E-state index contributed by atoms with van der Waals surface area (Å²) >= 11 is 0. The van der Waals surface area contributed by atoms with Crippen molar-refractivity contribution in [3.8, 4) is 39.8 Å². The van der Waals surface area contributed by atoms with Crippen LogP contribution in [0.1, 0.15) is 5.56 Å². The van der Waals surface area contributed by atoms with Gasteiger partial charge in [0.05, 0.1) is 33.5 Å². The van der Waals surface area contributed by atoms with Crippen LogP contribution in [0.15, 0.2) is 47.0 Å². The smallest absolute Gasteiger partial charge is 0.180 e. The van der Waals surface area contributed by atoms with Crippen molar-refractivity contribution in [3.63, 3.8) is 0 Å². The van der Waals surface area contributed by atoms with Crippen molar-refractivity contribution >= 4 is 0 Å². The largest absolute Gasteiger partial charge is 0.496 e. The lowest BCUT2D eigenvalue weighted by molar-refractivity contribution is 0.281. The SMILES string of the molecule is COc1ccccc1-c1noc(-c2c(OC)cccc2OC)c1CO. The van der Waals surface area contributed by atoms with Crippen LogP contribution in [-0.4, -0.2) is 31.6 Å². The van der Waals surface area contributed by atoms with Crippen molar-refractivity contribution in [3.05, 3.63) is 48.0 Å². The maximum atomic E-state index is 9.98. The van der Waals surface area contributed by atoms with Gasteiger partial charge in [-0.15, -0.1) is 0 Å². The summed E-state index contributed by atoms with van der Waals surface area (Å²) in [6.45, 7) is -0.257. The van der Waals surface area contributed by atoms with E-state index in [1.165, 1.54) is 0 Å². The van der Waals surface area contributed by atoms with E-state index in [0.717, 1.165) is 5.56 Å². The second-order valence-electron chi connectivity index (χ2n) is 5.23. The van der Waals surface area contributed by atoms with Gasteiger partial charge >= 0.3 is 0 Å². The number of methoxy groups -OCH3 is 3. The van der Waals surface area contributed by atoms with Gasteiger partial charge in [-0.3, -0.25) is 0 Å². The summed E-state index contributed by atoms with van der Waals surface area (Å²) in [7, 11) is 4.71. The molecule has 130 valence electrons. The monoisotopic (exact) mass is 341 g/mol. The van der Waals surface area contributed by atoms with E-state index in [4.69, 9.17) is 18.7 Å². The fourth-order valence-electron chi connectivity index (χ4n) is 2.78. The highest BCUT2D eigenvalue weighted by Gasteiger charge is 2.25. The Morgan fingerprint density at radius 1 is 0.880 bits per heavy atom. The summed E-state index contributed by atoms with van der Waals surface area (Å²) in [5.41, 5.74) is 2.39. The first-order chi connectivity index (χ1) is 12.2. The molecule has 0 radical (unpaired) electrons. The number of rotatable bonds is 6. The van der Waals surface area contributed by atoms with E-state index in [1.54, 1.807) is 33.5 Å². The van der Waals surface area contributed by atoms with E-state index in [0.29, 0.717) is 39.8 Å². The molecule has 0 bridgehead atoms. The van der Waals surface area contributed by atoms with Gasteiger partial charge in [0.2, 0.25) is 0 Å². The van der Waals surface area contributed by atoms with Crippen molar-refractivity contribution in [2.45, 2.75) is 6.61 Å². The minimum atomic E-state index is -0.257. The molecule has 6 heteroatoms. The van der Waals surface area contributed by atoms with Crippen molar-refractivity contribution in [2.75, 3.05) is 21.3 Å². The van der Waals surface area contributed by atoms with Gasteiger partial charge in [0.1, 0.15) is 28.5 Å². The number of nitrogens with zero attached hydrogens (tertiary/aromatic N) is 1. The summed E-state index contributed by atoms with van der Waals surface area (Å²) in [4.78, 5) is 0. The van der Waals surface area contributed by atoms with Crippen LogP contribution in [0, 0.1) is 0 Å². The van der Waals surface area contributed by atoms with Crippen LogP contribution >= 0.6 is 0 Å². The molecule has 1 aromatic heterocycles. The van der Waals surface area contributed by atoms with E-state index < -0.39 is 0 Å². The van der Waals surface area contributed by atoms with Crippen molar-refractivity contribution in [2.24, 2.45) is 0 Å². The van der Waals surface area contributed by atoms with Crippen LogP contribution in [0.25, 0.3) is 22.6 Å². The van der Waals surface area contributed by atoms with E-state index in [2.05, 4.69) is 5.16 Å². The predicted octanol–water partition coefficient (Wildman–Crippen LogP) is 3.53. The van der Waals surface area contributed by atoms with Gasteiger partial charge in [-0.25, -0.2) is 0 Å². The first kappa shape index (κ1) is 16.9. The molecule has 0 amide bonds. The van der Waals surface area contributed by atoms with Crippen LogP contribution in [0.4, 0.5) is 0 Å². The Morgan fingerprint density at radius 2 is 1.48 bits per heavy atom. The van der Waals surface area contributed by atoms with Crippen molar-refractivity contribution < 1.29 is 23.8 Å². The summed E-state index contributed by atoms with van der Waals surface area (Å²) in [5.74, 6) is 2.18. The minimum Gasteiger partial charge on any atom is -0.496 e. The van der Waals surface area contributed by atoms with E-state index >= 15 is 0 Å². The van der Waals surface area contributed by atoms with Crippen LogP contribution in [0.2, 0.25) is 0 Å². The number of benzene rings is 2. The molecule has 1 heterocycles. The number of aromatic nitrogens is 1. The topological polar surface area (TPSA) is 74.0 Å². The second kappa shape index (κ2) is 7.27. The molecular formula is C19H19NO5. The molecule has 0 aliphatic carbocycles. The Hall–Kier alpha value is -2.99. The molecule has 25 heavy (non-hydrogen) atoms. The Morgan fingerprint density at radius 3 is 2.08 bits per heavy atom. The van der Waals surface area contributed by atoms with Gasteiger partial charge in [-0.1, -0.05) is 23.4 Å². The lowest BCUT2D eigenvalue weighted by Gasteiger charge is -2.12. The number of aliphatic hydroxyl groups excluding tert-OH is 1. The summed E-state index contributed by atoms with van der Waals surface area (Å²) in [6.07, 6.45) is 0. The van der Waals surface area contributed by atoms with Crippen LogP contribution in [0.5, 0.6) is 17.2 Å². The molecule has 6 nitrogen and oxygen atoms in total. The minimum absolute atomic E-state index is 0.257. The maximum absolute atomic E-state index is 9.98. The summed E-state index contributed by atoms with van der Waals surface area (Å²) in [5, 5.41) is 14.1. The Bertz CT molecular complexity index is 850. The standard InChI is InChI=1S/C19H19NO5/c1-22-14-8-5-4-7-12(14)18-13(11-21)19(25-20-18)17-15(23-2)9-6-10-16(17)24-3/h4-10,21H,11H2,1-3H3. The zero-order valence-electron chi connectivity index (χ0n) is 14.3. The molecule has 0 spiro atoms. The fourth-order valence-corrected chi connectivity index (χ4v) is 2.78. The molecule has 0 saturated heterocycles. The van der Waals surface area contributed by atoms with Crippen molar-refractivity contribution in [1.82, 2.24) is 5.16 Å². The highest BCUT2D eigenvalue weighted by molar-refractivity contribution is 5.81. The van der Waals surface area contributed by atoms with Crippen LogP contribution < -0.4 is 14.2 Å². The third-order valence-electron chi connectivity index (χ3n) is 3.96. The first-order valence-corrected chi connectivity index (χ1v) is 7.69. The van der Waals surface area contributed by atoms with E-state index in [1.807, 2.05) is 30.3 Å². The highest BCUT2D eigenvalue weighted by Crippen LogP contribution is 2.43. The molecule has 0 fully saturated rings. The average Bonchev–Trinajstić information content (AvgIpc) is 3.10. The Kier molecular flexibility index (Phi) is 4.90. The average molecular weight is 341 g/mol. The normalized spacial score (nSPS) is 10.6. The molecule has 3 aromatic rings. The third-order valence-corrected chi connectivity index (χ3v) is 3.96. The first-order valence-electron chi connectivity index (χ1n) is 7.69. The molecular weight excluding hydrogens is 322 g/mol. The molecule has 0 unspecified atom stereocenters. The number of hydrogen-bond donors (Lipinski definition) is 1. The summed E-state index contributed by atoms with van der Waals surface area (Å²) in [6, 6.07) is 12.8. The molecule has 0 saturated carbocycles. The molecule has 0 atom stereocenters. The fraction of sp³-hybridized carbons (Fsp3) is 0.211. The summed E-state index contributed by atoms with van der Waals surface area (Å²) < 4.78 is 21.8. The third kappa shape index (κ3) is 2.92. The highest BCUT2D eigenvalue weighted by atomic mass is 16.5. The van der Waals surface area contributed by atoms with Gasteiger partial charge in [-0.2, -0.15) is 0 Å². The zero-order valence-corrected chi connectivity index (χ0v) is 14.3. The van der Waals surface area contributed by atoms with Crippen LogP contribution in [-0.2, 0) is 6.61 Å². The van der Waals surface area contributed by atoms with Gasteiger partial charge in [-0.05, 0) is 24.3 Å². The molecule has 2 aromatic carbocycles. The van der Waals surface area contributed by atoms with Gasteiger partial charge in [0, 0.05) is 5.56 Å². The second-order valence-corrected chi connectivity index (χ2v) is 5.23. The lowest BCUT2D eigenvalue weighted by Crippen LogP contribution is -1.96. The van der Waals surface area contributed by atoms with E-state index in [-0.39, 0.29) is 6.61 Å². The zero-order chi connectivity index (χ0) is 17.8. The molecule has 3 rings (SSSR count).